The molecule has 0 saturated heterocycles. The van der Waals surface area contributed by atoms with Crippen LogP contribution in [0.2, 0.25) is 0 Å². The van der Waals surface area contributed by atoms with Crippen LogP contribution in [0.4, 0.5) is 17.2 Å². The smallest absolute Gasteiger partial charge is 0.222 e. The van der Waals surface area contributed by atoms with E-state index in [1.807, 2.05) is 0 Å². The summed E-state index contributed by atoms with van der Waals surface area (Å²) in [4.78, 5) is 15.0. The van der Waals surface area contributed by atoms with Gasteiger partial charge in [0.05, 0.1) is 11.4 Å². The number of hydrogen-bond acceptors (Lipinski definition) is 5. The van der Waals surface area contributed by atoms with Gasteiger partial charge < -0.3 is 21.1 Å². The van der Waals surface area contributed by atoms with Crippen molar-refractivity contribution in [3.05, 3.63) is 36.5 Å². The summed E-state index contributed by atoms with van der Waals surface area (Å²) >= 11 is 0. The summed E-state index contributed by atoms with van der Waals surface area (Å²) < 4.78 is 5.71. The predicted octanol–water partition coefficient (Wildman–Crippen LogP) is 2.46. The van der Waals surface area contributed by atoms with Crippen LogP contribution in [0.25, 0.3) is 0 Å². The number of carbonyl (C=O) groups excluding carboxylic acids is 1. The Morgan fingerprint density at radius 3 is 2.70 bits per heavy atom. The van der Waals surface area contributed by atoms with E-state index in [-0.39, 0.29) is 5.91 Å². The minimum atomic E-state index is -0.181. The van der Waals surface area contributed by atoms with Gasteiger partial charge in [-0.2, -0.15) is 0 Å². The Morgan fingerprint density at radius 2 is 2.00 bits per heavy atom. The highest BCUT2D eigenvalue weighted by Gasteiger charge is 2.04. The van der Waals surface area contributed by atoms with E-state index in [9.17, 15) is 4.79 Å². The fourth-order valence-electron chi connectivity index (χ4n) is 1.67. The van der Waals surface area contributed by atoms with Crippen LogP contribution in [0, 0.1) is 0 Å². The van der Waals surface area contributed by atoms with Crippen molar-refractivity contribution in [2.45, 2.75) is 6.92 Å². The summed E-state index contributed by atoms with van der Waals surface area (Å²) in [5, 5.41) is 5.58. The zero-order valence-electron chi connectivity index (χ0n) is 11.3. The molecule has 1 amide bonds. The maximum Gasteiger partial charge on any atom is 0.222 e. The van der Waals surface area contributed by atoms with Crippen LogP contribution in [0.15, 0.2) is 36.5 Å². The molecule has 0 atom stereocenters. The fourth-order valence-corrected chi connectivity index (χ4v) is 1.67. The number of rotatable bonds is 4. The zero-order chi connectivity index (χ0) is 14.5. The lowest BCUT2D eigenvalue weighted by Crippen LogP contribution is -2.07. The van der Waals surface area contributed by atoms with Gasteiger partial charge in [0.15, 0.2) is 0 Å². The Balaban J connectivity index is 2.19. The van der Waals surface area contributed by atoms with Gasteiger partial charge in [-0.25, -0.2) is 4.98 Å². The Morgan fingerprint density at radius 1 is 1.25 bits per heavy atom. The third kappa shape index (κ3) is 3.38. The molecular formula is C14H16N4O2. The zero-order valence-corrected chi connectivity index (χ0v) is 11.3. The predicted molar refractivity (Wildman–Crippen MR) is 79.0 cm³/mol. The van der Waals surface area contributed by atoms with Crippen molar-refractivity contribution in [2.75, 3.05) is 23.4 Å². The van der Waals surface area contributed by atoms with Gasteiger partial charge in [-0.1, -0.05) is 0 Å². The van der Waals surface area contributed by atoms with E-state index in [2.05, 4.69) is 15.6 Å². The monoisotopic (exact) mass is 272 g/mol. The van der Waals surface area contributed by atoms with Gasteiger partial charge in [0, 0.05) is 32.3 Å². The van der Waals surface area contributed by atoms with Gasteiger partial charge in [0.2, 0.25) is 5.91 Å². The largest absolute Gasteiger partial charge is 0.457 e. The van der Waals surface area contributed by atoms with Crippen molar-refractivity contribution in [2.24, 2.45) is 0 Å². The molecule has 0 radical (unpaired) electrons. The van der Waals surface area contributed by atoms with E-state index in [0.29, 0.717) is 23.0 Å². The highest BCUT2D eigenvalue weighted by molar-refractivity contribution is 5.87. The highest BCUT2D eigenvalue weighted by atomic mass is 16.5. The first-order valence-corrected chi connectivity index (χ1v) is 6.07. The molecular weight excluding hydrogens is 256 g/mol. The lowest BCUT2D eigenvalue weighted by atomic mass is 10.2. The van der Waals surface area contributed by atoms with E-state index in [0.717, 1.165) is 5.69 Å². The molecule has 6 heteroatoms. The Hall–Kier alpha value is -2.76. The normalized spacial score (nSPS) is 9.90. The molecule has 4 N–H and O–H groups in total. The molecule has 1 aromatic carbocycles. The summed E-state index contributed by atoms with van der Waals surface area (Å²) in [5.41, 5.74) is 7.23. The summed E-state index contributed by atoms with van der Waals surface area (Å²) in [6.45, 7) is 1.42. The first kappa shape index (κ1) is 13.7. The molecule has 0 aliphatic rings. The summed E-state index contributed by atoms with van der Waals surface area (Å²) in [5.74, 6) is 1.48. The van der Waals surface area contributed by atoms with Crippen LogP contribution < -0.4 is 21.1 Å². The second kappa shape index (κ2) is 5.92. The molecule has 104 valence electrons. The first-order valence-electron chi connectivity index (χ1n) is 6.07. The number of amides is 1. The van der Waals surface area contributed by atoms with Crippen LogP contribution >= 0.6 is 0 Å². The molecule has 0 spiro atoms. The van der Waals surface area contributed by atoms with Gasteiger partial charge in [-0.15, -0.1) is 0 Å². The number of nitrogens with zero attached hydrogens (tertiary/aromatic N) is 1. The van der Waals surface area contributed by atoms with Crippen LogP contribution in [-0.2, 0) is 4.79 Å². The van der Waals surface area contributed by atoms with E-state index in [1.54, 1.807) is 43.6 Å². The van der Waals surface area contributed by atoms with E-state index >= 15 is 0 Å². The average molecular weight is 272 g/mol. The number of nitrogen functional groups attached to an aromatic ring is 1. The molecule has 1 heterocycles. The van der Waals surface area contributed by atoms with Crippen molar-refractivity contribution in [1.29, 1.82) is 0 Å². The van der Waals surface area contributed by atoms with Crippen molar-refractivity contribution in [3.63, 3.8) is 0 Å². The van der Waals surface area contributed by atoms with Gasteiger partial charge in [-0.3, -0.25) is 4.79 Å². The quantitative estimate of drug-likeness (QED) is 0.744. The number of hydrogen-bond donors (Lipinski definition) is 3. The number of aromatic nitrogens is 1. The molecule has 20 heavy (non-hydrogen) atoms. The molecule has 6 nitrogen and oxygen atoms in total. The van der Waals surface area contributed by atoms with Gasteiger partial charge >= 0.3 is 0 Å². The fraction of sp³-hybridized carbons (Fsp3) is 0.143. The molecule has 1 aromatic heterocycles. The topological polar surface area (TPSA) is 89.3 Å². The number of ether oxygens (including phenoxy) is 1. The molecule has 0 saturated carbocycles. The van der Waals surface area contributed by atoms with Crippen LogP contribution in [-0.4, -0.2) is 17.9 Å². The summed E-state index contributed by atoms with van der Waals surface area (Å²) in [6, 6.07) is 8.69. The number of carbonyl (C=O) groups is 1. The van der Waals surface area contributed by atoms with E-state index in [1.165, 1.54) is 6.92 Å². The maximum atomic E-state index is 11.0. The van der Waals surface area contributed by atoms with Gasteiger partial charge in [-0.05, 0) is 18.2 Å². The number of anilines is 3. The lowest BCUT2D eigenvalue weighted by Gasteiger charge is -2.10. The lowest BCUT2D eigenvalue weighted by molar-refractivity contribution is -0.114. The van der Waals surface area contributed by atoms with E-state index in [4.69, 9.17) is 10.5 Å². The minimum Gasteiger partial charge on any atom is -0.457 e. The highest BCUT2D eigenvalue weighted by Crippen LogP contribution is 2.28. The Labute approximate surface area is 117 Å². The van der Waals surface area contributed by atoms with Crippen LogP contribution in [0.1, 0.15) is 6.92 Å². The molecule has 0 bridgehead atoms. The number of nitrogens with one attached hydrogen (secondary N) is 2. The minimum absolute atomic E-state index is 0.181. The molecule has 0 fully saturated rings. The van der Waals surface area contributed by atoms with Crippen LogP contribution in [0.3, 0.4) is 0 Å². The SMILES string of the molecule is CNc1cc(Oc2ccnc(NC(C)=O)c2)ccc1N. The number of nitrogens with two attached hydrogens (primary N) is 1. The molecule has 2 rings (SSSR count). The second-order valence-electron chi connectivity index (χ2n) is 4.16. The molecule has 0 aliphatic heterocycles. The van der Waals surface area contributed by atoms with Crippen molar-refractivity contribution in [1.82, 2.24) is 4.98 Å². The first-order chi connectivity index (χ1) is 9.58. The standard InChI is InChI=1S/C14H16N4O2/c1-9(19)18-14-8-11(5-6-17-14)20-10-3-4-12(15)13(7-10)16-2/h3-8,16H,15H2,1-2H3,(H,17,18,19). The second-order valence-corrected chi connectivity index (χ2v) is 4.16. The number of benzene rings is 1. The molecule has 0 aliphatic carbocycles. The van der Waals surface area contributed by atoms with E-state index < -0.39 is 0 Å². The Kier molecular flexibility index (Phi) is 4.05. The third-order valence-corrected chi connectivity index (χ3v) is 2.57. The average Bonchev–Trinajstić information content (AvgIpc) is 2.40. The maximum absolute atomic E-state index is 11.0. The van der Waals surface area contributed by atoms with Crippen molar-refractivity contribution < 1.29 is 9.53 Å². The molecule has 2 aromatic rings. The van der Waals surface area contributed by atoms with Crippen LogP contribution in [0.5, 0.6) is 11.5 Å². The summed E-state index contributed by atoms with van der Waals surface area (Å²) in [6.07, 6.45) is 1.57. The van der Waals surface area contributed by atoms with Crippen molar-refractivity contribution >= 4 is 23.1 Å². The van der Waals surface area contributed by atoms with Gasteiger partial charge in [0.1, 0.15) is 17.3 Å². The molecule has 0 unspecified atom stereocenters. The van der Waals surface area contributed by atoms with Gasteiger partial charge in [0.25, 0.3) is 0 Å². The Bertz CT molecular complexity index is 628. The van der Waals surface area contributed by atoms with Crippen molar-refractivity contribution in [3.8, 4) is 11.5 Å². The number of pyridine rings is 1. The third-order valence-electron chi connectivity index (χ3n) is 2.57. The summed E-state index contributed by atoms with van der Waals surface area (Å²) in [7, 11) is 1.79.